The van der Waals surface area contributed by atoms with Gasteiger partial charge in [-0.05, 0) is 29.8 Å². The van der Waals surface area contributed by atoms with Crippen molar-refractivity contribution in [2.45, 2.75) is 10.9 Å². The summed E-state index contributed by atoms with van der Waals surface area (Å²) in [5.74, 6) is -1.07. The Kier molecular flexibility index (Phi) is 6.88. The number of hydrogen-bond donors (Lipinski definition) is 1. The van der Waals surface area contributed by atoms with Gasteiger partial charge in [0.25, 0.3) is 0 Å². The van der Waals surface area contributed by atoms with Gasteiger partial charge in [0.1, 0.15) is 16.4 Å². The van der Waals surface area contributed by atoms with Crippen LogP contribution in [0.3, 0.4) is 0 Å². The number of carbonyl (C=O) groups is 1. The quantitative estimate of drug-likeness (QED) is 0.765. The Hall–Kier alpha value is -2.07. The normalized spacial score (nSPS) is 17.8. The highest BCUT2D eigenvalue weighted by Crippen LogP contribution is 2.29. The molecule has 10 heteroatoms. The van der Waals surface area contributed by atoms with Crippen LogP contribution in [0.5, 0.6) is 0 Å². The number of pyridine rings is 1. The van der Waals surface area contributed by atoms with E-state index in [-0.39, 0.29) is 29.5 Å². The van der Waals surface area contributed by atoms with Crippen molar-refractivity contribution in [1.29, 1.82) is 0 Å². The first-order valence-corrected chi connectivity index (χ1v) is 9.40. The molecular formula is C17H19ClFN3O4S. The van der Waals surface area contributed by atoms with Gasteiger partial charge in [0.15, 0.2) is 0 Å². The molecule has 27 heavy (non-hydrogen) atoms. The lowest BCUT2D eigenvalue weighted by molar-refractivity contribution is 0.0594. The highest BCUT2D eigenvalue weighted by Gasteiger charge is 2.34. The maximum atomic E-state index is 13.6. The highest BCUT2D eigenvalue weighted by molar-refractivity contribution is 7.89. The third kappa shape index (κ3) is 4.44. The number of piperazine rings is 1. The molecule has 0 spiro atoms. The van der Waals surface area contributed by atoms with Crippen LogP contribution in [0.4, 0.5) is 4.39 Å². The minimum absolute atomic E-state index is 0. The number of benzene rings is 1. The second-order valence-corrected chi connectivity index (χ2v) is 7.65. The number of ether oxygens (including phenoxy) is 1. The van der Waals surface area contributed by atoms with Crippen molar-refractivity contribution in [3.63, 3.8) is 0 Å². The standard InChI is InChI=1S/C17H18FN3O4S.ClH/c1-25-17(22)15-6-5-14(10-20-15)26(23,24)21-8-7-19-11-16(21)12-3-2-4-13(18)9-12;/h2-6,9-10,16,19H,7-8,11H2,1H3;1H. The van der Waals surface area contributed by atoms with Crippen molar-refractivity contribution in [1.82, 2.24) is 14.6 Å². The van der Waals surface area contributed by atoms with Crippen molar-refractivity contribution >= 4 is 28.4 Å². The largest absolute Gasteiger partial charge is 0.464 e. The smallest absolute Gasteiger partial charge is 0.356 e. The zero-order valence-electron chi connectivity index (χ0n) is 14.5. The van der Waals surface area contributed by atoms with E-state index in [1.807, 2.05) is 0 Å². The molecule has 3 rings (SSSR count). The van der Waals surface area contributed by atoms with E-state index in [4.69, 9.17) is 0 Å². The Morgan fingerprint density at radius 3 is 2.74 bits per heavy atom. The Morgan fingerprint density at radius 2 is 2.11 bits per heavy atom. The first kappa shape index (κ1) is 21.2. The average molecular weight is 416 g/mol. The maximum absolute atomic E-state index is 13.6. The van der Waals surface area contributed by atoms with Gasteiger partial charge in [0.2, 0.25) is 10.0 Å². The van der Waals surface area contributed by atoms with Crippen LogP contribution in [-0.2, 0) is 14.8 Å². The van der Waals surface area contributed by atoms with Crippen LogP contribution in [0.25, 0.3) is 0 Å². The summed E-state index contributed by atoms with van der Waals surface area (Å²) >= 11 is 0. The predicted molar refractivity (Wildman–Crippen MR) is 98.7 cm³/mol. The lowest BCUT2D eigenvalue weighted by atomic mass is 10.1. The SMILES string of the molecule is COC(=O)c1ccc(S(=O)(=O)N2CCNCC2c2cccc(F)c2)cn1.Cl. The molecule has 0 bridgehead atoms. The molecule has 1 fully saturated rings. The second-order valence-electron chi connectivity index (χ2n) is 5.76. The molecule has 0 saturated carbocycles. The fourth-order valence-electron chi connectivity index (χ4n) is 2.86. The zero-order valence-corrected chi connectivity index (χ0v) is 16.1. The second kappa shape index (κ2) is 8.75. The van der Waals surface area contributed by atoms with Gasteiger partial charge >= 0.3 is 5.97 Å². The molecule has 0 aliphatic carbocycles. The topological polar surface area (TPSA) is 88.6 Å². The molecule has 1 aromatic carbocycles. The molecule has 2 heterocycles. The number of nitrogens with zero attached hydrogens (tertiary/aromatic N) is 2. The number of hydrogen-bond acceptors (Lipinski definition) is 6. The Morgan fingerprint density at radius 1 is 1.33 bits per heavy atom. The third-order valence-corrected chi connectivity index (χ3v) is 6.06. The minimum Gasteiger partial charge on any atom is -0.464 e. The number of aromatic nitrogens is 1. The first-order chi connectivity index (χ1) is 12.4. The maximum Gasteiger partial charge on any atom is 0.356 e. The number of carbonyl (C=O) groups excluding carboxylic acids is 1. The Balaban J connectivity index is 0.00000261. The van der Waals surface area contributed by atoms with Gasteiger partial charge in [-0.3, -0.25) is 0 Å². The molecule has 1 aliphatic rings. The van der Waals surface area contributed by atoms with Crippen LogP contribution in [0.1, 0.15) is 22.1 Å². The summed E-state index contributed by atoms with van der Waals surface area (Å²) < 4.78 is 45.6. The molecule has 7 nitrogen and oxygen atoms in total. The van der Waals surface area contributed by atoms with Crippen LogP contribution >= 0.6 is 12.4 Å². The molecule has 1 aromatic heterocycles. The summed E-state index contributed by atoms with van der Waals surface area (Å²) in [5.41, 5.74) is 0.591. The van der Waals surface area contributed by atoms with Gasteiger partial charge in [-0.1, -0.05) is 12.1 Å². The fourth-order valence-corrected chi connectivity index (χ4v) is 4.42. The molecule has 0 radical (unpaired) electrons. The van der Waals surface area contributed by atoms with E-state index in [0.29, 0.717) is 18.7 Å². The Bertz CT molecular complexity index is 909. The van der Waals surface area contributed by atoms with Crippen LogP contribution in [0.15, 0.2) is 47.5 Å². The van der Waals surface area contributed by atoms with Crippen molar-refractivity contribution < 1.29 is 22.3 Å². The minimum atomic E-state index is -3.87. The monoisotopic (exact) mass is 415 g/mol. The zero-order chi connectivity index (χ0) is 18.7. The molecule has 0 amide bonds. The van der Waals surface area contributed by atoms with Gasteiger partial charge < -0.3 is 10.1 Å². The number of methoxy groups -OCH3 is 1. The lowest BCUT2D eigenvalue weighted by Gasteiger charge is -2.35. The van der Waals surface area contributed by atoms with E-state index in [0.717, 1.165) is 6.20 Å². The summed E-state index contributed by atoms with van der Waals surface area (Å²) in [4.78, 5) is 15.3. The van der Waals surface area contributed by atoms with Crippen molar-refractivity contribution in [3.05, 3.63) is 59.7 Å². The van der Waals surface area contributed by atoms with E-state index < -0.39 is 27.9 Å². The van der Waals surface area contributed by atoms with Crippen molar-refractivity contribution in [3.8, 4) is 0 Å². The molecule has 1 atom stereocenters. The van der Waals surface area contributed by atoms with Gasteiger partial charge in [-0.2, -0.15) is 4.31 Å². The first-order valence-electron chi connectivity index (χ1n) is 7.96. The fraction of sp³-hybridized carbons (Fsp3) is 0.294. The average Bonchev–Trinajstić information content (AvgIpc) is 2.67. The van der Waals surface area contributed by atoms with Crippen LogP contribution in [-0.4, -0.2) is 50.4 Å². The van der Waals surface area contributed by atoms with Gasteiger partial charge in [-0.15, -0.1) is 12.4 Å². The molecule has 1 N–H and O–H groups in total. The van der Waals surface area contributed by atoms with Crippen LogP contribution in [0, 0.1) is 5.82 Å². The lowest BCUT2D eigenvalue weighted by Crippen LogP contribution is -2.48. The molecule has 1 unspecified atom stereocenters. The molecule has 1 aliphatic heterocycles. The van der Waals surface area contributed by atoms with E-state index in [1.54, 1.807) is 12.1 Å². The summed E-state index contributed by atoms with van der Waals surface area (Å²) in [6.45, 7) is 1.09. The van der Waals surface area contributed by atoms with E-state index in [1.165, 1.54) is 35.7 Å². The third-order valence-electron chi connectivity index (χ3n) is 4.17. The molecule has 1 saturated heterocycles. The summed E-state index contributed by atoms with van der Waals surface area (Å²) in [6.07, 6.45) is 1.13. The predicted octanol–water partition coefficient (Wildman–Crippen LogP) is 1.76. The van der Waals surface area contributed by atoms with Crippen molar-refractivity contribution in [2.75, 3.05) is 26.7 Å². The number of nitrogens with one attached hydrogen (secondary N) is 1. The van der Waals surface area contributed by atoms with Gasteiger partial charge in [0.05, 0.1) is 13.2 Å². The van der Waals surface area contributed by atoms with Gasteiger partial charge in [-0.25, -0.2) is 22.6 Å². The van der Waals surface area contributed by atoms with Crippen molar-refractivity contribution in [2.24, 2.45) is 0 Å². The van der Waals surface area contributed by atoms with Crippen LogP contribution in [0.2, 0.25) is 0 Å². The van der Waals surface area contributed by atoms with E-state index >= 15 is 0 Å². The number of esters is 1. The number of rotatable bonds is 4. The number of sulfonamides is 1. The molecule has 146 valence electrons. The number of halogens is 2. The summed E-state index contributed by atoms with van der Waals surface area (Å²) in [5, 5.41) is 3.13. The highest BCUT2D eigenvalue weighted by atomic mass is 35.5. The van der Waals surface area contributed by atoms with Crippen LogP contribution < -0.4 is 5.32 Å². The summed E-state index contributed by atoms with van der Waals surface area (Å²) in [6, 6.07) is 7.98. The van der Waals surface area contributed by atoms with E-state index in [9.17, 15) is 17.6 Å². The van der Waals surface area contributed by atoms with Gasteiger partial charge in [0, 0.05) is 25.8 Å². The summed E-state index contributed by atoms with van der Waals surface area (Å²) in [7, 11) is -2.64. The molecule has 2 aromatic rings. The molecular weight excluding hydrogens is 397 g/mol. The van der Waals surface area contributed by atoms with E-state index in [2.05, 4.69) is 15.0 Å². The Labute approximate surface area is 163 Å².